The fraction of sp³-hybridized carbons (Fsp3) is 0.500. The van der Waals surface area contributed by atoms with Crippen molar-refractivity contribution < 1.29 is 9.90 Å². The molecule has 0 aliphatic carbocycles. The van der Waals surface area contributed by atoms with Crippen LogP contribution in [0.15, 0.2) is 30.3 Å². The Bertz CT molecular complexity index is 390. The topological polar surface area (TPSA) is 40.5 Å². The minimum absolute atomic E-state index is 0.597. The number of carboxylic acid groups (broad SMARTS) is 1. The number of likely N-dealkylation sites (N-methyl/N-ethyl adjacent to an activating group) is 1. The first-order chi connectivity index (χ1) is 8.15. The normalized spacial score (nSPS) is 25.7. The van der Waals surface area contributed by atoms with Crippen LogP contribution < -0.4 is 0 Å². The third-order valence-electron chi connectivity index (χ3n) is 3.80. The number of piperidine rings is 1. The first kappa shape index (κ1) is 12.1. The van der Waals surface area contributed by atoms with Crippen LogP contribution in [-0.4, -0.2) is 35.1 Å². The molecule has 1 aromatic carbocycles. The zero-order chi connectivity index (χ0) is 12.3. The Kier molecular flexibility index (Phi) is 3.48. The Balaban J connectivity index is 2.25. The minimum atomic E-state index is -0.709. The van der Waals surface area contributed by atoms with Crippen molar-refractivity contribution in [2.24, 2.45) is 0 Å². The van der Waals surface area contributed by atoms with Gasteiger partial charge < -0.3 is 5.11 Å². The lowest BCUT2D eigenvalue weighted by molar-refractivity contribution is -0.153. The molecule has 0 saturated carbocycles. The predicted octanol–water partition coefficient (Wildman–Crippen LogP) is 2.17. The molecule has 1 unspecified atom stereocenters. The maximum atomic E-state index is 11.6. The van der Waals surface area contributed by atoms with E-state index >= 15 is 0 Å². The molecule has 1 atom stereocenters. The van der Waals surface area contributed by atoms with Gasteiger partial charge in [-0.15, -0.1) is 0 Å². The molecule has 1 fully saturated rings. The van der Waals surface area contributed by atoms with Crippen molar-refractivity contribution in [3.8, 4) is 0 Å². The number of nitrogens with zero attached hydrogens (tertiary/aromatic N) is 1. The quantitative estimate of drug-likeness (QED) is 0.869. The van der Waals surface area contributed by atoms with E-state index < -0.39 is 11.5 Å². The van der Waals surface area contributed by atoms with E-state index in [1.165, 1.54) is 0 Å². The van der Waals surface area contributed by atoms with Crippen molar-refractivity contribution in [2.45, 2.75) is 31.2 Å². The van der Waals surface area contributed by atoms with Crippen LogP contribution in [0.3, 0.4) is 0 Å². The number of carboxylic acids is 1. The summed E-state index contributed by atoms with van der Waals surface area (Å²) in [5, 5.41) is 9.58. The van der Waals surface area contributed by atoms with E-state index in [4.69, 9.17) is 0 Å². The summed E-state index contributed by atoms with van der Waals surface area (Å²) in [7, 11) is 1.93. The monoisotopic (exact) mass is 233 g/mol. The molecule has 1 heterocycles. The van der Waals surface area contributed by atoms with E-state index in [9.17, 15) is 9.90 Å². The highest BCUT2D eigenvalue weighted by atomic mass is 16.4. The van der Waals surface area contributed by atoms with Gasteiger partial charge in [-0.05, 0) is 38.4 Å². The van der Waals surface area contributed by atoms with Crippen LogP contribution in [0.5, 0.6) is 0 Å². The van der Waals surface area contributed by atoms with Gasteiger partial charge in [0.1, 0.15) is 5.54 Å². The molecule has 3 heteroatoms. The van der Waals surface area contributed by atoms with Gasteiger partial charge in [0.15, 0.2) is 0 Å². The number of carbonyl (C=O) groups is 1. The van der Waals surface area contributed by atoms with Crippen LogP contribution in [0, 0.1) is 0 Å². The van der Waals surface area contributed by atoms with E-state index in [0.29, 0.717) is 6.42 Å². The Hall–Kier alpha value is -1.35. The third-order valence-corrected chi connectivity index (χ3v) is 3.80. The van der Waals surface area contributed by atoms with Crippen LogP contribution in [0.4, 0.5) is 0 Å². The van der Waals surface area contributed by atoms with Gasteiger partial charge in [-0.2, -0.15) is 0 Å². The summed E-state index contributed by atoms with van der Waals surface area (Å²) in [4.78, 5) is 13.7. The van der Waals surface area contributed by atoms with Crippen molar-refractivity contribution in [1.82, 2.24) is 4.90 Å². The molecule has 0 aromatic heterocycles. The van der Waals surface area contributed by atoms with Crippen LogP contribution in [-0.2, 0) is 11.2 Å². The Morgan fingerprint density at radius 2 is 2.06 bits per heavy atom. The molecule has 3 nitrogen and oxygen atoms in total. The van der Waals surface area contributed by atoms with Gasteiger partial charge >= 0.3 is 5.97 Å². The zero-order valence-corrected chi connectivity index (χ0v) is 10.2. The van der Waals surface area contributed by atoms with E-state index in [1.54, 1.807) is 0 Å². The second kappa shape index (κ2) is 4.88. The average Bonchev–Trinajstić information content (AvgIpc) is 2.33. The zero-order valence-electron chi connectivity index (χ0n) is 10.2. The predicted molar refractivity (Wildman–Crippen MR) is 67.0 cm³/mol. The summed E-state index contributed by atoms with van der Waals surface area (Å²) in [5.41, 5.74) is 0.392. The molecular weight excluding hydrogens is 214 g/mol. The third kappa shape index (κ3) is 2.34. The summed E-state index contributed by atoms with van der Waals surface area (Å²) in [6.07, 6.45) is 3.44. The molecule has 0 spiro atoms. The smallest absolute Gasteiger partial charge is 0.324 e. The van der Waals surface area contributed by atoms with E-state index in [0.717, 1.165) is 31.4 Å². The van der Waals surface area contributed by atoms with Gasteiger partial charge in [-0.25, -0.2) is 0 Å². The van der Waals surface area contributed by atoms with Crippen molar-refractivity contribution in [2.75, 3.05) is 13.6 Å². The van der Waals surface area contributed by atoms with Crippen molar-refractivity contribution in [3.05, 3.63) is 35.9 Å². The lowest BCUT2D eigenvalue weighted by atomic mass is 9.81. The molecule has 1 aromatic rings. The maximum Gasteiger partial charge on any atom is 0.324 e. The van der Waals surface area contributed by atoms with Gasteiger partial charge in [-0.3, -0.25) is 9.69 Å². The number of benzene rings is 1. The molecule has 0 radical (unpaired) electrons. The van der Waals surface area contributed by atoms with E-state index in [2.05, 4.69) is 0 Å². The largest absolute Gasteiger partial charge is 0.480 e. The fourth-order valence-electron chi connectivity index (χ4n) is 2.67. The van der Waals surface area contributed by atoms with Crippen molar-refractivity contribution >= 4 is 5.97 Å². The fourth-order valence-corrected chi connectivity index (χ4v) is 2.67. The van der Waals surface area contributed by atoms with Gasteiger partial charge in [0, 0.05) is 6.42 Å². The lowest BCUT2D eigenvalue weighted by Crippen LogP contribution is -2.56. The molecule has 0 amide bonds. The van der Waals surface area contributed by atoms with Crippen molar-refractivity contribution in [3.63, 3.8) is 0 Å². The summed E-state index contributed by atoms with van der Waals surface area (Å²) in [5.74, 6) is -0.691. The Morgan fingerprint density at radius 1 is 1.35 bits per heavy atom. The van der Waals surface area contributed by atoms with Gasteiger partial charge in [-0.1, -0.05) is 30.3 Å². The highest BCUT2D eigenvalue weighted by molar-refractivity contribution is 5.79. The second-order valence-electron chi connectivity index (χ2n) is 4.88. The average molecular weight is 233 g/mol. The summed E-state index contributed by atoms with van der Waals surface area (Å²) < 4.78 is 0. The van der Waals surface area contributed by atoms with E-state index in [-0.39, 0.29) is 0 Å². The molecule has 92 valence electrons. The number of hydrogen-bond donors (Lipinski definition) is 1. The molecular formula is C14H19NO2. The molecule has 2 rings (SSSR count). The molecule has 1 aliphatic rings. The Morgan fingerprint density at radius 3 is 2.65 bits per heavy atom. The summed E-state index contributed by atoms with van der Waals surface area (Å²) in [6, 6.07) is 9.91. The second-order valence-corrected chi connectivity index (χ2v) is 4.88. The highest BCUT2D eigenvalue weighted by Crippen LogP contribution is 2.30. The standard InChI is InChI=1S/C14H19NO2/c1-15-10-6-5-9-14(15,13(16)17)11-12-7-3-2-4-8-12/h2-4,7-8H,5-6,9-11H2,1H3,(H,16,17). The van der Waals surface area contributed by atoms with Gasteiger partial charge in [0.2, 0.25) is 0 Å². The van der Waals surface area contributed by atoms with Crippen LogP contribution in [0.1, 0.15) is 24.8 Å². The number of hydrogen-bond acceptors (Lipinski definition) is 2. The number of aliphatic carboxylic acids is 1. The van der Waals surface area contributed by atoms with Crippen LogP contribution in [0.25, 0.3) is 0 Å². The van der Waals surface area contributed by atoms with Crippen LogP contribution in [0.2, 0.25) is 0 Å². The lowest BCUT2D eigenvalue weighted by Gasteiger charge is -2.42. The summed E-state index contributed by atoms with van der Waals surface area (Å²) in [6.45, 7) is 0.874. The Labute approximate surface area is 102 Å². The molecule has 17 heavy (non-hydrogen) atoms. The SMILES string of the molecule is CN1CCCCC1(Cc1ccccc1)C(=O)O. The maximum absolute atomic E-state index is 11.6. The summed E-state index contributed by atoms with van der Waals surface area (Å²) >= 11 is 0. The number of rotatable bonds is 3. The first-order valence-corrected chi connectivity index (χ1v) is 6.14. The minimum Gasteiger partial charge on any atom is -0.480 e. The first-order valence-electron chi connectivity index (χ1n) is 6.14. The van der Waals surface area contributed by atoms with Gasteiger partial charge in [0.25, 0.3) is 0 Å². The molecule has 0 bridgehead atoms. The highest BCUT2D eigenvalue weighted by Gasteiger charge is 2.43. The van der Waals surface area contributed by atoms with Crippen molar-refractivity contribution in [1.29, 1.82) is 0 Å². The van der Waals surface area contributed by atoms with Crippen LogP contribution >= 0.6 is 0 Å². The number of likely N-dealkylation sites (tertiary alicyclic amines) is 1. The molecule has 1 N–H and O–H groups in total. The molecule has 1 saturated heterocycles. The van der Waals surface area contributed by atoms with E-state index in [1.807, 2.05) is 42.3 Å². The molecule has 1 aliphatic heterocycles. The van der Waals surface area contributed by atoms with Gasteiger partial charge in [0.05, 0.1) is 0 Å².